The summed E-state index contributed by atoms with van der Waals surface area (Å²) in [5.74, 6) is 0. The molecule has 1 N–H and O–H groups in total. The first kappa shape index (κ1) is 15.1. The van der Waals surface area contributed by atoms with Gasteiger partial charge >= 0.3 is 0 Å². The number of benzene rings is 2. The monoisotopic (exact) mass is 333 g/mol. The van der Waals surface area contributed by atoms with Crippen molar-refractivity contribution in [3.63, 3.8) is 0 Å². The first-order chi connectivity index (χ1) is 9.84. The zero-order valence-corrected chi connectivity index (χ0v) is 13.1. The largest absolute Gasteiger partial charge is 0.383 e. The third kappa shape index (κ3) is 5.76. The molecule has 0 atom stereocenters. The number of ether oxygens (including phenoxy) is 1. The third-order valence-corrected chi connectivity index (χ3v) is 3.49. The molecule has 2 aromatic rings. The van der Waals surface area contributed by atoms with Crippen LogP contribution in [0.4, 0.5) is 5.69 Å². The van der Waals surface area contributed by atoms with Gasteiger partial charge in [0, 0.05) is 23.3 Å². The Morgan fingerprint density at radius 1 is 0.950 bits per heavy atom. The topological polar surface area (TPSA) is 21.3 Å². The van der Waals surface area contributed by atoms with Gasteiger partial charge in [-0.2, -0.15) is 0 Å². The van der Waals surface area contributed by atoms with E-state index in [-0.39, 0.29) is 0 Å². The number of rotatable bonds is 8. The van der Waals surface area contributed by atoms with Gasteiger partial charge in [-0.1, -0.05) is 52.3 Å². The standard InChI is InChI=1S/C17H20BrNO/c18-16-9-4-10-17(14-16)19-11-13-20-12-5-8-15-6-2-1-3-7-15/h1-4,6-7,9-10,14,19H,5,8,11-13H2. The van der Waals surface area contributed by atoms with E-state index in [1.165, 1.54) is 5.56 Å². The molecular formula is C17H20BrNO. The molecule has 0 aromatic heterocycles. The zero-order chi connectivity index (χ0) is 14.0. The summed E-state index contributed by atoms with van der Waals surface area (Å²) in [7, 11) is 0. The summed E-state index contributed by atoms with van der Waals surface area (Å²) in [6.07, 6.45) is 2.15. The molecule has 0 aliphatic rings. The summed E-state index contributed by atoms with van der Waals surface area (Å²) in [4.78, 5) is 0. The van der Waals surface area contributed by atoms with Crippen LogP contribution in [0, 0.1) is 0 Å². The highest BCUT2D eigenvalue weighted by molar-refractivity contribution is 9.10. The van der Waals surface area contributed by atoms with Crippen molar-refractivity contribution >= 4 is 21.6 Å². The molecule has 2 nitrogen and oxygen atoms in total. The predicted octanol–water partition coefficient (Wildman–Crippen LogP) is 4.51. The highest BCUT2D eigenvalue weighted by Gasteiger charge is 1.94. The summed E-state index contributed by atoms with van der Waals surface area (Å²) in [6.45, 7) is 2.39. The molecule has 0 heterocycles. The van der Waals surface area contributed by atoms with Crippen LogP contribution < -0.4 is 5.32 Å². The van der Waals surface area contributed by atoms with E-state index in [2.05, 4.69) is 57.6 Å². The minimum absolute atomic E-state index is 0.737. The van der Waals surface area contributed by atoms with E-state index in [4.69, 9.17) is 4.74 Å². The van der Waals surface area contributed by atoms with Crippen LogP contribution in [0.15, 0.2) is 59.1 Å². The van der Waals surface area contributed by atoms with Crippen LogP contribution >= 0.6 is 15.9 Å². The van der Waals surface area contributed by atoms with E-state index in [1.54, 1.807) is 0 Å². The quantitative estimate of drug-likeness (QED) is 0.717. The fraction of sp³-hybridized carbons (Fsp3) is 0.294. The number of anilines is 1. The second-order valence-electron chi connectivity index (χ2n) is 4.64. The molecule has 0 saturated carbocycles. The smallest absolute Gasteiger partial charge is 0.0639 e. The van der Waals surface area contributed by atoms with Gasteiger partial charge in [0.2, 0.25) is 0 Å². The number of hydrogen-bond acceptors (Lipinski definition) is 2. The van der Waals surface area contributed by atoms with Gasteiger partial charge in [0.15, 0.2) is 0 Å². The first-order valence-corrected chi connectivity index (χ1v) is 7.75. The van der Waals surface area contributed by atoms with Crippen molar-refractivity contribution in [2.75, 3.05) is 25.1 Å². The molecule has 3 heteroatoms. The van der Waals surface area contributed by atoms with Gasteiger partial charge in [-0.15, -0.1) is 0 Å². The predicted molar refractivity (Wildman–Crippen MR) is 88.2 cm³/mol. The molecule has 20 heavy (non-hydrogen) atoms. The lowest BCUT2D eigenvalue weighted by molar-refractivity contribution is 0.141. The lowest BCUT2D eigenvalue weighted by Crippen LogP contribution is -2.10. The number of nitrogens with one attached hydrogen (secondary N) is 1. The Hall–Kier alpha value is -1.32. The Labute approximate surface area is 129 Å². The molecule has 0 aliphatic heterocycles. The molecule has 0 fully saturated rings. The average molecular weight is 334 g/mol. The van der Waals surface area contributed by atoms with Crippen LogP contribution in [0.1, 0.15) is 12.0 Å². The van der Waals surface area contributed by atoms with Crippen molar-refractivity contribution in [2.24, 2.45) is 0 Å². The summed E-state index contributed by atoms with van der Waals surface area (Å²) in [5, 5.41) is 3.34. The van der Waals surface area contributed by atoms with Gasteiger partial charge in [-0.25, -0.2) is 0 Å². The second kappa shape index (κ2) is 8.77. The minimum atomic E-state index is 0.737. The van der Waals surface area contributed by atoms with Crippen LogP contribution in [0.3, 0.4) is 0 Å². The zero-order valence-electron chi connectivity index (χ0n) is 11.5. The van der Waals surface area contributed by atoms with Crippen LogP contribution in [0.2, 0.25) is 0 Å². The molecule has 0 radical (unpaired) electrons. The normalized spacial score (nSPS) is 10.4. The molecule has 0 aliphatic carbocycles. The van der Waals surface area contributed by atoms with Crippen LogP contribution in [-0.2, 0) is 11.2 Å². The maximum absolute atomic E-state index is 5.63. The fourth-order valence-electron chi connectivity index (χ4n) is 1.99. The highest BCUT2D eigenvalue weighted by atomic mass is 79.9. The van der Waals surface area contributed by atoms with E-state index in [1.807, 2.05) is 18.2 Å². The van der Waals surface area contributed by atoms with Gasteiger partial charge in [0.05, 0.1) is 6.61 Å². The molecule has 106 valence electrons. The van der Waals surface area contributed by atoms with E-state index >= 15 is 0 Å². The van der Waals surface area contributed by atoms with Crippen molar-refractivity contribution in [1.29, 1.82) is 0 Å². The Kier molecular flexibility index (Phi) is 6.61. The van der Waals surface area contributed by atoms with Gasteiger partial charge < -0.3 is 10.1 Å². The summed E-state index contributed by atoms with van der Waals surface area (Å²) in [6, 6.07) is 18.7. The number of halogens is 1. The van der Waals surface area contributed by atoms with Crippen LogP contribution in [0.25, 0.3) is 0 Å². The Balaban J connectivity index is 1.52. The van der Waals surface area contributed by atoms with E-state index in [0.717, 1.165) is 42.8 Å². The van der Waals surface area contributed by atoms with E-state index < -0.39 is 0 Å². The van der Waals surface area contributed by atoms with Crippen LogP contribution in [-0.4, -0.2) is 19.8 Å². The molecular weight excluding hydrogens is 314 g/mol. The van der Waals surface area contributed by atoms with E-state index in [9.17, 15) is 0 Å². The summed E-state index contributed by atoms with van der Waals surface area (Å²) >= 11 is 3.46. The lowest BCUT2D eigenvalue weighted by Gasteiger charge is -2.08. The van der Waals surface area contributed by atoms with Crippen molar-refractivity contribution in [3.05, 3.63) is 64.6 Å². The fourth-order valence-corrected chi connectivity index (χ4v) is 2.39. The van der Waals surface area contributed by atoms with Crippen molar-refractivity contribution in [1.82, 2.24) is 0 Å². The maximum Gasteiger partial charge on any atom is 0.0639 e. The molecule has 2 aromatic carbocycles. The average Bonchev–Trinajstić information content (AvgIpc) is 2.47. The van der Waals surface area contributed by atoms with Crippen molar-refractivity contribution < 1.29 is 4.74 Å². The minimum Gasteiger partial charge on any atom is -0.383 e. The van der Waals surface area contributed by atoms with Crippen LogP contribution in [0.5, 0.6) is 0 Å². The molecule has 2 rings (SSSR count). The summed E-state index contributed by atoms with van der Waals surface area (Å²) < 4.78 is 6.72. The molecule has 0 unspecified atom stereocenters. The number of aryl methyl sites for hydroxylation is 1. The van der Waals surface area contributed by atoms with Crippen molar-refractivity contribution in [2.45, 2.75) is 12.8 Å². The van der Waals surface area contributed by atoms with Crippen molar-refractivity contribution in [3.8, 4) is 0 Å². The van der Waals surface area contributed by atoms with Gasteiger partial charge in [-0.3, -0.25) is 0 Å². The molecule has 0 amide bonds. The Morgan fingerprint density at radius 2 is 1.80 bits per heavy atom. The maximum atomic E-state index is 5.63. The SMILES string of the molecule is Brc1cccc(NCCOCCCc2ccccc2)c1. The molecule has 0 bridgehead atoms. The van der Waals surface area contributed by atoms with Gasteiger partial charge in [0.25, 0.3) is 0 Å². The third-order valence-electron chi connectivity index (χ3n) is 3.00. The van der Waals surface area contributed by atoms with Gasteiger partial charge in [0.1, 0.15) is 0 Å². The summed E-state index contributed by atoms with van der Waals surface area (Å²) in [5.41, 5.74) is 2.50. The highest BCUT2D eigenvalue weighted by Crippen LogP contribution is 2.15. The second-order valence-corrected chi connectivity index (χ2v) is 5.55. The van der Waals surface area contributed by atoms with E-state index in [0.29, 0.717) is 0 Å². The lowest BCUT2D eigenvalue weighted by atomic mass is 10.1. The molecule has 0 saturated heterocycles. The number of hydrogen-bond donors (Lipinski definition) is 1. The Bertz CT molecular complexity index is 501. The van der Waals surface area contributed by atoms with Gasteiger partial charge in [-0.05, 0) is 36.6 Å². The first-order valence-electron chi connectivity index (χ1n) is 6.96. The Morgan fingerprint density at radius 3 is 2.60 bits per heavy atom. The molecule has 0 spiro atoms.